The van der Waals surface area contributed by atoms with Crippen LogP contribution in [-0.4, -0.2) is 32.1 Å². The summed E-state index contributed by atoms with van der Waals surface area (Å²) in [7, 11) is 1.81. The molecule has 3 heteroatoms. The van der Waals surface area contributed by atoms with Crippen LogP contribution in [0.15, 0.2) is 0 Å². The number of alkyl halides is 1. The summed E-state index contributed by atoms with van der Waals surface area (Å²) in [5, 5.41) is 0. The van der Waals surface area contributed by atoms with Crippen molar-refractivity contribution in [2.75, 3.05) is 13.7 Å². The molecule has 3 atom stereocenters. The van der Waals surface area contributed by atoms with E-state index in [1.165, 1.54) is 12.8 Å². The molecular weight excluding hydrogens is 255 g/mol. The minimum Gasteiger partial charge on any atom is -0.381 e. The van der Waals surface area contributed by atoms with Crippen molar-refractivity contribution in [1.29, 1.82) is 0 Å². The molecule has 2 rings (SSSR count). The molecule has 0 spiro atoms. The van der Waals surface area contributed by atoms with Crippen LogP contribution in [0.2, 0.25) is 0 Å². The summed E-state index contributed by atoms with van der Waals surface area (Å²) in [6.07, 6.45) is 7.04. The molecule has 0 aliphatic heterocycles. The molecule has 2 aliphatic rings. The lowest BCUT2D eigenvalue weighted by molar-refractivity contribution is -0.0564. The summed E-state index contributed by atoms with van der Waals surface area (Å²) in [6, 6.07) is 0. The first-order valence-corrected chi connectivity index (χ1v) is 8.38. The molecule has 0 aromatic heterocycles. The molecule has 0 saturated heterocycles. The van der Waals surface area contributed by atoms with E-state index in [1.54, 1.807) is 7.11 Å². The predicted octanol–water partition coefficient (Wildman–Crippen LogP) is 4.37. The third kappa shape index (κ3) is 4.42. The van der Waals surface area contributed by atoms with Crippen LogP contribution in [0.25, 0.3) is 0 Å². The summed E-state index contributed by atoms with van der Waals surface area (Å²) in [5.74, 6) is 1.77. The molecule has 0 heterocycles. The standard InChI is InChI=1S/C17H31FO2/c1-12(2)11-20-17-9-6-14(10-16(17)18)13-4-7-15(19-3)8-5-13/h12-17H,4-11H2,1-3H3. The zero-order valence-electron chi connectivity index (χ0n) is 13.3. The second kappa shape index (κ2) is 7.74. The van der Waals surface area contributed by atoms with Crippen LogP contribution in [0.5, 0.6) is 0 Å². The molecule has 0 amide bonds. The fourth-order valence-electron chi connectivity index (χ4n) is 3.85. The van der Waals surface area contributed by atoms with E-state index in [9.17, 15) is 4.39 Å². The number of rotatable bonds is 5. The van der Waals surface area contributed by atoms with Crippen molar-refractivity contribution < 1.29 is 13.9 Å². The highest BCUT2D eigenvalue weighted by molar-refractivity contribution is 4.86. The van der Waals surface area contributed by atoms with Crippen molar-refractivity contribution >= 4 is 0 Å². The van der Waals surface area contributed by atoms with Crippen molar-refractivity contribution in [1.82, 2.24) is 0 Å². The lowest BCUT2D eigenvalue weighted by Crippen LogP contribution is -2.37. The summed E-state index contributed by atoms with van der Waals surface area (Å²) >= 11 is 0. The van der Waals surface area contributed by atoms with Gasteiger partial charge in [0.1, 0.15) is 6.17 Å². The first kappa shape index (κ1) is 16.2. The van der Waals surface area contributed by atoms with Crippen molar-refractivity contribution in [3.05, 3.63) is 0 Å². The summed E-state index contributed by atoms with van der Waals surface area (Å²) < 4.78 is 25.5. The zero-order chi connectivity index (χ0) is 14.5. The Bertz CT molecular complexity index is 274. The van der Waals surface area contributed by atoms with Crippen LogP contribution < -0.4 is 0 Å². The van der Waals surface area contributed by atoms with Crippen molar-refractivity contribution in [2.45, 2.75) is 77.2 Å². The van der Waals surface area contributed by atoms with Crippen LogP contribution in [0.3, 0.4) is 0 Å². The Hall–Kier alpha value is -0.150. The SMILES string of the molecule is COC1CCC(C2CCC(OCC(C)C)C(F)C2)CC1. The predicted molar refractivity (Wildman–Crippen MR) is 79.6 cm³/mol. The van der Waals surface area contributed by atoms with Gasteiger partial charge in [-0.25, -0.2) is 4.39 Å². The maximum atomic E-state index is 14.3. The Kier molecular flexibility index (Phi) is 6.28. The van der Waals surface area contributed by atoms with Crippen LogP contribution >= 0.6 is 0 Å². The largest absolute Gasteiger partial charge is 0.381 e. The lowest BCUT2D eigenvalue weighted by atomic mass is 9.72. The summed E-state index contributed by atoms with van der Waals surface area (Å²) in [6.45, 7) is 4.93. The highest BCUT2D eigenvalue weighted by Gasteiger charge is 2.36. The normalized spacial score (nSPS) is 39.1. The fourth-order valence-corrected chi connectivity index (χ4v) is 3.85. The van der Waals surface area contributed by atoms with E-state index in [4.69, 9.17) is 9.47 Å². The van der Waals surface area contributed by atoms with E-state index in [0.29, 0.717) is 36.9 Å². The van der Waals surface area contributed by atoms with Crippen molar-refractivity contribution in [3.8, 4) is 0 Å². The highest BCUT2D eigenvalue weighted by Crippen LogP contribution is 2.40. The first-order valence-electron chi connectivity index (χ1n) is 8.38. The highest BCUT2D eigenvalue weighted by atomic mass is 19.1. The Morgan fingerprint density at radius 2 is 1.65 bits per heavy atom. The third-order valence-electron chi connectivity index (χ3n) is 5.12. The third-order valence-corrected chi connectivity index (χ3v) is 5.12. The Balaban J connectivity index is 1.74. The van der Waals surface area contributed by atoms with Crippen LogP contribution in [0.4, 0.5) is 4.39 Å². The van der Waals surface area contributed by atoms with Gasteiger partial charge < -0.3 is 9.47 Å². The van der Waals surface area contributed by atoms with Crippen LogP contribution in [0, 0.1) is 17.8 Å². The van der Waals surface area contributed by atoms with E-state index >= 15 is 0 Å². The number of hydrogen-bond acceptors (Lipinski definition) is 2. The van der Waals surface area contributed by atoms with Gasteiger partial charge in [-0.05, 0) is 62.7 Å². The molecule has 0 N–H and O–H groups in total. The lowest BCUT2D eigenvalue weighted by Gasteiger charge is -2.39. The zero-order valence-corrected chi connectivity index (χ0v) is 13.3. The van der Waals surface area contributed by atoms with Gasteiger partial charge in [-0.3, -0.25) is 0 Å². The summed E-state index contributed by atoms with van der Waals surface area (Å²) in [5.41, 5.74) is 0. The monoisotopic (exact) mass is 286 g/mol. The minimum atomic E-state index is -0.757. The van der Waals surface area contributed by atoms with Gasteiger partial charge in [0.15, 0.2) is 0 Å². The molecule has 2 nitrogen and oxygen atoms in total. The van der Waals surface area contributed by atoms with Gasteiger partial charge in [0, 0.05) is 13.7 Å². The maximum absolute atomic E-state index is 14.3. The Labute approximate surface area is 123 Å². The molecular formula is C17H31FO2. The van der Waals surface area contributed by atoms with E-state index in [-0.39, 0.29) is 6.10 Å². The molecule has 3 unspecified atom stereocenters. The Morgan fingerprint density at radius 3 is 2.20 bits per heavy atom. The molecule has 0 aromatic rings. The number of hydrogen-bond donors (Lipinski definition) is 0. The van der Waals surface area contributed by atoms with E-state index < -0.39 is 6.17 Å². The molecule has 118 valence electrons. The minimum absolute atomic E-state index is 0.149. The van der Waals surface area contributed by atoms with Gasteiger partial charge >= 0.3 is 0 Å². The maximum Gasteiger partial charge on any atom is 0.126 e. The van der Waals surface area contributed by atoms with E-state index in [0.717, 1.165) is 25.7 Å². The smallest absolute Gasteiger partial charge is 0.126 e. The number of methoxy groups -OCH3 is 1. The first-order chi connectivity index (χ1) is 9.60. The second-order valence-electron chi connectivity index (χ2n) is 7.13. The average Bonchev–Trinajstić information content (AvgIpc) is 2.46. The second-order valence-corrected chi connectivity index (χ2v) is 7.13. The van der Waals surface area contributed by atoms with Crippen molar-refractivity contribution in [2.24, 2.45) is 17.8 Å². The molecule has 2 fully saturated rings. The van der Waals surface area contributed by atoms with Gasteiger partial charge in [-0.1, -0.05) is 13.8 Å². The molecule has 0 bridgehead atoms. The summed E-state index contributed by atoms with van der Waals surface area (Å²) in [4.78, 5) is 0. The molecule has 20 heavy (non-hydrogen) atoms. The van der Waals surface area contributed by atoms with Crippen LogP contribution in [0.1, 0.15) is 58.8 Å². The average molecular weight is 286 g/mol. The molecule has 2 saturated carbocycles. The van der Waals surface area contributed by atoms with Gasteiger partial charge in [-0.2, -0.15) is 0 Å². The fraction of sp³-hybridized carbons (Fsp3) is 1.00. The van der Waals surface area contributed by atoms with Gasteiger partial charge in [0.2, 0.25) is 0 Å². The van der Waals surface area contributed by atoms with E-state index in [2.05, 4.69) is 13.8 Å². The molecule has 0 aromatic carbocycles. The van der Waals surface area contributed by atoms with Gasteiger partial charge in [-0.15, -0.1) is 0 Å². The molecule has 2 aliphatic carbocycles. The number of halogens is 1. The van der Waals surface area contributed by atoms with E-state index in [1.807, 2.05) is 0 Å². The Morgan fingerprint density at radius 1 is 1.00 bits per heavy atom. The molecule has 0 radical (unpaired) electrons. The van der Waals surface area contributed by atoms with Gasteiger partial charge in [0.05, 0.1) is 12.2 Å². The van der Waals surface area contributed by atoms with Crippen molar-refractivity contribution in [3.63, 3.8) is 0 Å². The topological polar surface area (TPSA) is 18.5 Å². The van der Waals surface area contributed by atoms with Gasteiger partial charge in [0.25, 0.3) is 0 Å². The number of ether oxygens (including phenoxy) is 2. The van der Waals surface area contributed by atoms with Crippen LogP contribution in [-0.2, 0) is 9.47 Å². The quantitative estimate of drug-likeness (QED) is 0.747.